The molecular weight excluding hydrogens is 418 g/mol. The molecule has 1 aromatic carbocycles. The highest BCUT2D eigenvalue weighted by Crippen LogP contribution is 2.27. The molecule has 1 unspecified atom stereocenters. The maximum Gasteiger partial charge on any atom is 0.323 e. The number of nitrogens with two attached hydrogens (primary N) is 1. The SMILES string of the molecule is COC(=O)CC(C(=O)OC)N1CCC(Nc2nc(-c3ccc(C(=N)N)cc3)cs2)CC1. The summed E-state index contributed by atoms with van der Waals surface area (Å²) in [6, 6.07) is 7.04. The zero-order valence-electron chi connectivity index (χ0n) is 17.6. The van der Waals surface area contributed by atoms with Crippen LogP contribution in [0.3, 0.4) is 0 Å². The number of ether oxygens (including phenoxy) is 2. The number of nitrogens with zero attached hydrogens (tertiary/aromatic N) is 2. The first-order chi connectivity index (χ1) is 14.9. The van der Waals surface area contributed by atoms with Crippen molar-refractivity contribution in [1.82, 2.24) is 9.88 Å². The van der Waals surface area contributed by atoms with Crippen molar-refractivity contribution in [3.8, 4) is 11.3 Å². The molecule has 0 radical (unpaired) electrons. The number of hydrogen-bond donors (Lipinski definition) is 3. The quantitative estimate of drug-likeness (QED) is 0.320. The number of benzene rings is 1. The molecule has 1 aliphatic heterocycles. The van der Waals surface area contributed by atoms with Gasteiger partial charge in [0.15, 0.2) is 5.13 Å². The molecular formula is C21H27N5O4S. The lowest BCUT2D eigenvalue weighted by atomic mass is 10.0. The van der Waals surface area contributed by atoms with E-state index in [-0.39, 0.29) is 18.3 Å². The number of esters is 2. The van der Waals surface area contributed by atoms with Gasteiger partial charge in [0.05, 0.1) is 26.3 Å². The molecule has 31 heavy (non-hydrogen) atoms. The Morgan fingerprint density at radius 2 is 1.94 bits per heavy atom. The van der Waals surface area contributed by atoms with Crippen LogP contribution in [0.5, 0.6) is 0 Å². The average molecular weight is 446 g/mol. The maximum absolute atomic E-state index is 12.1. The highest BCUT2D eigenvalue weighted by Gasteiger charge is 2.32. The van der Waals surface area contributed by atoms with E-state index in [1.807, 2.05) is 34.5 Å². The highest BCUT2D eigenvalue weighted by atomic mass is 32.1. The van der Waals surface area contributed by atoms with E-state index in [0.29, 0.717) is 18.7 Å². The van der Waals surface area contributed by atoms with Crippen molar-refractivity contribution in [3.05, 3.63) is 35.2 Å². The Balaban J connectivity index is 1.56. The monoisotopic (exact) mass is 445 g/mol. The molecule has 0 bridgehead atoms. The molecule has 1 saturated heterocycles. The van der Waals surface area contributed by atoms with Crippen LogP contribution in [0.2, 0.25) is 0 Å². The van der Waals surface area contributed by atoms with Crippen molar-refractivity contribution in [1.29, 1.82) is 5.41 Å². The summed E-state index contributed by atoms with van der Waals surface area (Å²) in [5, 5.41) is 13.8. The van der Waals surface area contributed by atoms with E-state index in [1.54, 1.807) is 0 Å². The number of hydrogen-bond acceptors (Lipinski definition) is 9. The summed E-state index contributed by atoms with van der Waals surface area (Å²) in [7, 11) is 2.64. The number of methoxy groups -OCH3 is 2. The number of carbonyl (C=O) groups is 2. The van der Waals surface area contributed by atoms with Crippen molar-refractivity contribution >= 4 is 34.2 Å². The fraction of sp³-hybridized carbons (Fsp3) is 0.429. The van der Waals surface area contributed by atoms with Gasteiger partial charge in [-0.05, 0) is 12.8 Å². The van der Waals surface area contributed by atoms with Gasteiger partial charge < -0.3 is 20.5 Å². The molecule has 1 aromatic heterocycles. The molecule has 0 saturated carbocycles. The number of amidine groups is 1. The smallest absolute Gasteiger partial charge is 0.323 e. The second kappa shape index (κ2) is 10.4. The third-order valence-corrected chi connectivity index (χ3v) is 6.13. The van der Waals surface area contributed by atoms with Crippen molar-refractivity contribution in [2.45, 2.75) is 31.3 Å². The van der Waals surface area contributed by atoms with Crippen LogP contribution in [-0.2, 0) is 19.1 Å². The molecule has 1 atom stereocenters. The second-order valence-corrected chi connectivity index (χ2v) is 8.16. The third-order valence-electron chi connectivity index (χ3n) is 5.35. The average Bonchev–Trinajstić information content (AvgIpc) is 3.26. The van der Waals surface area contributed by atoms with E-state index in [9.17, 15) is 9.59 Å². The summed E-state index contributed by atoms with van der Waals surface area (Å²) in [6.45, 7) is 1.33. The second-order valence-electron chi connectivity index (χ2n) is 7.30. The first-order valence-electron chi connectivity index (χ1n) is 9.97. The van der Waals surface area contributed by atoms with Crippen LogP contribution in [0.4, 0.5) is 5.13 Å². The van der Waals surface area contributed by atoms with Gasteiger partial charge in [-0.3, -0.25) is 19.9 Å². The predicted molar refractivity (Wildman–Crippen MR) is 119 cm³/mol. The molecule has 3 rings (SSSR count). The summed E-state index contributed by atoms with van der Waals surface area (Å²) in [5.74, 6) is -0.806. The van der Waals surface area contributed by atoms with Crippen molar-refractivity contribution in [2.24, 2.45) is 5.73 Å². The van der Waals surface area contributed by atoms with E-state index in [4.69, 9.17) is 20.6 Å². The van der Waals surface area contributed by atoms with Gasteiger partial charge in [0, 0.05) is 35.6 Å². The van der Waals surface area contributed by atoms with E-state index in [2.05, 4.69) is 10.3 Å². The lowest BCUT2D eigenvalue weighted by molar-refractivity contribution is -0.154. The van der Waals surface area contributed by atoms with E-state index < -0.39 is 18.0 Å². The van der Waals surface area contributed by atoms with Crippen LogP contribution < -0.4 is 11.1 Å². The number of likely N-dealkylation sites (tertiary alicyclic amines) is 1. The fourth-order valence-electron chi connectivity index (χ4n) is 3.56. The van der Waals surface area contributed by atoms with E-state index in [1.165, 1.54) is 25.6 Å². The fourth-order valence-corrected chi connectivity index (χ4v) is 4.36. The molecule has 166 valence electrons. The zero-order chi connectivity index (χ0) is 22.4. The van der Waals surface area contributed by atoms with Gasteiger partial charge in [0.1, 0.15) is 11.9 Å². The summed E-state index contributed by atoms with van der Waals surface area (Å²) in [4.78, 5) is 30.4. The number of aromatic nitrogens is 1. The Morgan fingerprint density at radius 3 is 2.52 bits per heavy atom. The summed E-state index contributed by atoms with van der Waals surface area (Å²) in [6.07, 6.45) is 1.62. The van der Waals surface area contributed by atoms with Crippen LogP contribution in [-0.4, -0.2) is 67.1 Å². The molecule has 9 nitrogen and oxygen atoms in total. The van der Waals surface area contributed by atoms with Gasteiger partial charge in [0.2, 0.25) is 0 Å². The first kappa shape index (κ1) is 22.7. The Bertz CT molecular complexity index is 922. The molecule has 1 fully saturated rings. The zero-order valence-corrected chi connectivity index (χ0v) is 18.4. The minimum atomic E-state index is -0.622. The molecule has 0 spiro atoms. The normalized spacial score (nSPS) is 15.8. The van der Waals surface area contributed by atoms with Gasteiger partial charge in [0.25, 0.3) is 0 Å². The van der Waals surface area contributed by atoms with Crippen LogP contribution in [0.25, 0.3) is 11.3 Å². The van der Waals surface area contributed by atoms with Crippen molar-refractivity contribution < 1.29 is 19.1 Å². The molecule has 4 N–H and O–H groups in total. The van der Waals surface area contributed by atoms with Crippen LogP contribution in [0.15, 0.2) is 29.6 Å². The molecule has 0 amide bonds. The van der Waals surface area contributed by atoms with Gasteiger partial charge in [-0.15, -0.1) is 11.3 Å². The van der Waals surface area contributed by atoms with Crippen molar-refractivity contribution in [2.75, 3.05) is 32.6 Å². The standard InChI is InChI=1S/C21H27N5O4S/c1-29-18(27)11-17(20(28)30-2)26-9-7-15(8-10-26)24-21-25-16(12-31-21)13-3-5-14(6-4-13)19(22)23/h3-6,12,15,17H,7-11H2,1-2H3,(H3,22,23)(H,24,25). The number of carbonyl (C=O) groups excluding carboxylic acids is 2. The predicted octanol–water partition coefficient (Wildman–Crippen LogP) is 2.08. The van der Waals surface area contributed by atoms with Gasteiger partial charge in [-0.2, -0.15) is 0 Å². The Kier molecular flexibility index (Phi) is 7.59. The molecule has 2 heterocycles. The number of anilines is 1. The molecule has 0 aliphatic carbocycles. The number of rotatable bonds is 8. The minimum Gasteiger partial charge on any atom is -0.469 e. The topological polar surface area (TPSA) is 131 Å². The van der Waals surface area contributed by atoms with Crippen molar-refractivity contribution in [3.63, 3.8) is 0 Å². The number of nitrogen functional groups attached to an aromatic ring is 1. The number of nitrogens with one attached hydrogen (secondary N) is 2. The van der Waals surface area contributed by atoms with Gasteiger partial charge in [-0.1, -0.05) is 24.3 Å². The van der Waals surface area contributed by atoms with E-state index >= 15 is 0 Å². The summed E-state index contributed by atoms with van der Waals surface area (Å²) >= 11 is 1.54. The van der Waals surface area contributed by atoms with Crippen LogP contribution in [0.1, 0.15) is 24.8 Å². The first-order valence-corrected chi connectivity index (χ1v) is 10.8. The summed E-state index contributed by atoms with van der Waals surface area (Å²) < 4.78 is 9.58. The van der Waals surface area contributed by atoms with E-state index in [0.717, 1.165) is 29.2 Å². The number of thiazole rings is 1. The number of piperidine rings is 1. The lowest BCUT2D eigenvalue weighted by Gasteiger charge is -2.36. The maximum atomic E-state index is 12.1. The molecule has 2 aromatic rings. The molecule has 1 aliphatic rings. The van der Waals surface area contributed by atoms with Crippen LogP contribution in [0, 0.1) is 5.41 Å². The highest BCUT2D eigenvalue weighted by molar-refractivity contribution is 7.14. The van der Waals surface area contributed by atoms with Gasteiger partial charge in [-0.25, -0.2) is 4.98 Å². The Labute approximate surface area is 185 Å². The van der Waals surface area contributed by atoms with Gasteiger partial charge >= 0.3 is 11.9 Å². The third kappa shape index (κ3) is 5.80. The summed E-state index contributed by atoms with van der Waals surface area (Å²) in [5.41, 5.74) is 8.01. The lowest BCUT2D eigenvalue weighted by Crippen LogP contribution is -2.49. The Morgan fingerprint density at radius 1 is 1.26 bits per heavy atom. The Hall–Kier alpha value is -2.98. The van der Waals surface area contributed by atoms with Crippen LogP contribution >= 0.6 is 11.3 Å². The largest absolute Gasteiger partial charge is 0.469 e. The molecule has 10 heteroatoms. The minimum absolute atomic E-state index is 0.0144.